The van der Waals surface area contributed by atoms with E-state index in [2.05, 4.69) is 5.32 Å². The van der Waals surface area contributed by atoms with Gasteiger partial charge in [-0.3, -0.25) is 19.8 Å². The number of nitrogens with zero attached hydrogens (tertiary/aromatic N) is 2. The molecular formula is C22H19N3O4S. The summed E-state index contributed by atoms with van der Waals surface area (Å²) in [5.74, 6) is -2.25. The largest absolute Gasteiger partial charge is 0.478 e. The molecule has 0 bridgehead atoms. The molecule has 7 nitrogen and oxygen atoms in total. The minimum absolute atomic E-state index is 0.0616. The van der Waals surface area contributed by atoms with E-state index < -0.39 is 17.8 Å². The third kappa shape index (κ3) is 4.44. The molecule has 1 aliphatic heterocycles. The Morgan fingerprint density at radius 1 is 1.07 bits per heavy atom. The number of anilines is 2. The summed E-state index contributed by atoms with van der Waals surface area (Å²) >= 11 is 5.13. The molecule has 1 fully saturated rings. The molecule has 0 spiro atoms. The fourth-order valence-electron chi connectivity index (χ4n) is 2.80. The Morgan fingerprint density at radius 3 is 2.27 bits per heavy atom. The molecule has 2 aromatic rings. The predicted octanol–water partition coefficient (Wildman–Crippen LogP) is 2.84. The van der Waals surface area contributed by atoms with Crippen LogP contribution in [0.4, 0.5) is 11.4 Å². The van der Waals surface area contributed by atoms with Crippen molar-refractivity contribution in [1.29, 1.82) is 0 Å². The Morgan fingerprint density at radius 2 is 1.70 bits per heavy atom. The van der Waals surface area contributed by atoms with Gasteiger partial charge in [0, 0.05) is 19.8 Å². The van der Waals surface area contributed by atoms with Crippen LogP contribution in [0.1, 0.15) is 15.9 Å². The molecule has 8 heteroatoms. The zero-order valence-electron chi connectivity index (χ0n) is 16.3. The molecule has 1 aliphatic rings. The number of rotatable bonds is 5. The number of carbonyl (C=O) groups is 3. The third-order valence-corrected chi connectivity index (χ3v) is 4.72. The molecule has 0 aliphatic carbocycles. The molecule has 152 valence electrons. The van der Waals surface area contributed by atoms with Crippen LogP contribution in [0.3, 0.4) is 0 Å². The van der Waals surface area contributed by atoms with Crippen molar-refractivity contribution < 1.29 is 19.5 Å². The fraction of sp³-hybridized carbons (Fsp3) is 0.0909. The van der Waals surface area contributed by atoms with Crippen molar-refractivity contribution in [2.75, 3.05) is 23.9 Å². The maximum atomic E-state index is 12.9. The molecule has 2 N–H and O–H groups in total. The van der Waals surface area contributed by atoms with Crippen LogP contribution in [-0.2, 0) is 9.59 Å². The van der Waals surface area contributed by atoms with E-state index in [1.807, 2.05) is 43.3 Å². The summed E-state index contributed by atoms with van der Waals surface area (Å²) in [6.45, 7) is 0. The zero-order valence-corrected chi connectivity index (χ0v) is 17.1. The summed E-state index contributed by atoms with van der Waals surface area (Å²) in [6.07, 6.45) is 4.83. The summed E-state index contributed by atoms with van der Waals surface area (Å²) in [4.78, 5) is 39.3. The molecule has 0 atom stereocenters. The standard InChI is InChI=1S/C22H19N3O4S/c1-24(2)16-10-6-14(7-11-16)4-3-5-18-19(26)23-22(30)25(20(18)27)17-12-8-15(9-13-17)21(28)29/h3-13H,1-2H3,(H,28,29)(H,23,26,30)/b4-3+,18-5+. The van der Waals surface area contributed by atoms with Crippen molar-refractivity contribution in [3.05, 3.63) is 77.4 Å². The number of carbonyl (C=O) groups excluding carboxylic acids is 2. The van der Waals surface area contributed by atoms with Crippen molar-refractivity contribution in [3.8, 4) is 0 Å². The lowest BCUT2D eigenvalue weighted by Gasteiger charge is -2.28. The van der Waals surface area contributed by atoms with E-state index in [1.165, 1.54) is 30.3 Å². The summed E-state index contributed by atoms with van der Waals surface area (Å²) < 4.78 is 0. The smallest absolute Gasteiger partial charge is 0.335 e. The van der Waals surface area contributed by atoms with Gasteiger partial charge in [0.2, 0.25) is 0 Å². The summed E-state index contributed by atoms with van der Waals surface area (Å²) in [7, 11) is 3.90. The highest BCUT2D eigenvalue weighted by atomic mass is 32.1. The van der Waals surface area contributed by atoms with E-state index in [0.717, 1.165) is 16.2 Å². The van der Waals surface area contributed by atoms with Crippen LogP contribution in [0.2, 0.25) is 0 Å². The lowest BCUT2D eigenvalue weighted by Crippen LogP contribution is -2.54. The second kappa shape index (κ2) is 8.71. The minimum atomic E-state index is -1.08. The van der Waals surface area contributed by atoms with Gasteiger partial charge in [0.15, 0.2) is 5.11 Å². The number of amides is 2. The molecular weight excluding hydrogens is 402 g/mol. The van der Waals surface area contributed by atoms with E-state index >= 15 is 0 Å². The summed E-state index contributed by atoms with van der Waals surface area (Å²) in [6, 6.07) is 13.4. The first-order chi connectivity index (χ1) is 14.3. The number of hydrogen-bond acceptors (Lipinski definition) is 5. The number of nitrogens with one attached hydrogen (secondary N) is 1. The molecule has 0 unspecified atom stereocenters. The summed E-state index contributed by atoms with van der Waals surface area (Å²) in [5.41, 5.74) is 2.34. The first kappa shape index (κ1) is 20.9. The number of benzene rings is 2. The van der Waals surface area contributed by atoms with Gasteiger partial charge in [-0.1, -0.05) is 24.3 Å². The van der Waals surface area contributed by atoms with Gasteiger partial charge in [-0.05, 0) is 60.3 Å². The normalized spacial score (nSPS) is 15.6. The first-order valence-electron chi connectivity index (χ1n) is 8.97. The lowest BCUT2D eigenvalue weighted by molar-refractivity contribution is -0.122. The second-order valence-electron chi connectivity index (χ2n) is 6.68. The number of carboxylic acids is 1. The van der Waals surface area contributed by atoms with Gasteiger partial charge in [-0.25, -0.2) is 4.79 Å². The quantitative estimate of drug-likeness (QED) is 0.438. The average molecular weight is 421 g/mol. The monoisotopic (exact) mass is 421 g/mol. The number of hydrogen-bond donors (Lipinski definition) is 2. The van der Waals surface area contributed by atoms with Crippen LogP contribution in [-0.4, -0.2) is 42.1 Å². The fourth-order valence-corrected chi connectivity index (χ4v) is 3.08. The predicted molar refractivity (Wildman–Crippen MR) is 120 cm³/mol. The number of thiocarbonyl (C=S) groups is 1. The minimum Gasteiger partial charge on any atom is -0.478 e. The van der Waals surface area contributed by atoms with Gasteiger partial charge in [0.05, 0.1) is 11.3 Å². The van der Waals surface area contributed by atoms with E-state index in [9.17, 15) is 14.4 Å². The van der Waals surface area contributed by atoms with E-state index in [0.29, 0.717) is 5.69 Å². The van der Waals surface area contributed by atoms with Crippen molar-refractivity contribution in [1.82, 2.24) is 5.32 Å². The van der Waals surface area contributed by atoms with Crippen molar-refractivity contribution >= 4 is 52.6 Å². The third-order valence-electron chi connectivity index (χ3n) is 4.44. The first-order valence-corrected chi connectivity index (χ1v) is 9.37. The Bertz CT molecular complexity index is 1070. The maximum Gasteiger partial charge on any atom is 0.335 e. The average Bonchev–Trinajstić information content (AvgIpc) is 2.71. The molecule has 1 saturated heterocycles. The maximum absolute atomic E-state index is 12.9. The van der Waals surface area contributed by atoms with E-state index in [-0.39, 0.29) is 16.2 Å². The van der Waals surface area contributed by atoms with Crippen LogP contribution in [0.25, 0.3) is 6.08 Å². The SMILES string of the molecule is CN(C)c1ccc(/C=C/C=C2\C(=O)NC(=S)N(c3ccc(C(=O)O)cc3)C2=O)cc1. The molecule has 30 heavy (non-hydrogen) atoms. The summed E-state index contributed by atoms with van der Waals surface area (Å²) in [5, 5.41) is 11.4. The zero-order chi connectivity index (χ0) is 21.8. The Hall–Kier alpha value is -3.78. The van der Waals surface area contributed by atoms with E-state index in [1.54, 1.807) is 12.2 Å². The Balaban J connectivity index is 1.83. The van der Waals surface area contributed by atoms with Gasteiger partial charge < -0.3 is 10.0 Å². The Labute approximate surface area is 178 Å². The van der Waals surface area contributed by atoms with Gasteiger partial charge in [0.1, 0.15) is 5.57 Å². The number of allylic oxidation sites excluding steroid dienone is 2. The topological polar surface area (TPSA) is 90.0 Å². The highest BCUT2D eigenvalue weighted by Crippen LogP contribution is 2.21. The second-order valence-corrected chi connectivity index (χ2v) is 7.06. The Kier molecular flexibility index (Phi) is 6.08. The highest BCUT2D eigenvalue weighted by Gasteiger charge is 2.34. The van der Waals surface area contributed by atoms with Gasteiger partial charge >= 0.3 is 5.97 Å². The van der Waals surface area contributed by atoms with Crippen LogP contribution < -0.4 is 15.1 Å². The molecule has 1 heterocycles. The van der Waals surface area contributed by atoms with Gasteiger partial charge in [-0.15, -0.1) is 0 Å². The highest BCUT2D eigenvalue weighted by molar-refractivity contribution is 7.80. The number of aromatic carboxylic acids is 1. The van der Waals surface area contributed by atoms with Gasteiger partial charge in [0.25, 0.3) is 11.8 Å². The van der Waals surface area contributed by atoms with E-state index in [4.69, 9.17) is 17.3 Å². The molecule has 2 amide bonds. The molecule has 0 aromatic heterocycles. The lowest BCUT2D eigenvalue weighted by atomic mass is 10.1. The van der Waals surface area contributed by atoms with Crippen LogP contribution >= 0.6 is 12.2 Å². The van der Waals surface area contributed by atoms with Crippen LogP contribution in [0.5, 0.6) is 0 Å². The van der Waals surface area contributed by atoms with Crippen LogP contribution in [0.15, 0.2) is 66.3 Å². The van der Waals surface area contributed by atoms with Gasteiger partial charge in [-0.2, -0.15) is 0 Å². The van der Waals surface area contributed by atoms with Crippen molar-refractivity contribution in [2.24, 2.45) is 0 Å². The van der Waals surface area contributed by atoms with Crippen LogP contribution in [0, 0.1) is 0 Å². The molecule has 0 radical (unpaired) electrons. The molecule has 0 saturated carbocycles. The van der Waals surface area contributed by atoms with Crippen molar-refractivity contribution in [3.63, 3.8) is 0 Å². The molecule has 3 rings (SSSR count). The number of carboxylic acid groups (broad SMARTS) is 1. The van der Waals surface area contributed by atoms with Crippen molar-refractivity contribution in [2.45, 2.75) is 0 Å². The molecule has 2 aromatic carbocycles.